The lowest BCUT2D eigenvalue weighted by Crippen LogP contribution is -2.70. The van der Waals surface area contributed by atoms with Gasteiger partial charge < -0.3 is 33.9 Å². The van der Waals surface area contributed by atoms with Crippen LogP contribution in [0, 0.1) is 28.6 Å². The third-order valence-corrected chi connectivity index (χ3v) is 12.0. The van der Waals surface area contributed by atoms with Gasteiger partial charge in [-0.1, -0.05) is 26.0 Å². The van der Waals surface area contributed by atoms with Crippen LogP contribution in [0.5, 0.6) is 5.75 Å². The molecule has 8 atom stereocenters. The van der Waals surface area contributed by atoms with E-state index in [1.807, 2.05) is 12.1 Å². The van der Waals surface area contributed by atoms with Crippen molar-refractivity contribution < 1.29 is 33.9 Å². The van der Waals surface area contributed by atoms with Crippen LogP contribution >= 0.6 is 0 Å². The highest BCUT2D eigenvalue weighted by molar-refractivity contribution is 5.35. The molecule has 6 fully saturated rings. The number of fused-ring (bicyclic) bond motifs is 6. The van der Waals surface area contributed by atoms with Crippen molar-refractivity contribution in [3.05, 3.63) is 29.8 Å². The molecule has 0 amide bonds. The fourth-order valence-corrected chi connectivity index (χ4v) is 10.2. The standard InChI is InChI=1S/C30H42O7/c1-26-12-13-29(34-14-15-35-29)18-28(26,32)10-8-21-22-9-11-30(36-16-17-37-30)27(22,2)25(31)23(24(21)26)19-4-6-20(33-3)7-5-19/h4-7,21-25,31-32H,8-18H2,1-3H3/t21-,22-,23+,24+,25-,26+,27+,28+/m0/s1. The average molecular weight is 515 g/mol. The van der Waals surface area contributed by atoms with Crippen LogP contribution in [0.3, 0.4) is 0 Å². The molecule has 7 rings (SSSR count). The molecule has 7 nitrogen and oxygen atoms in total. The van der Waals surface area contributed by atoms with Crippen molar-refractivity contribution in [2.24, 2.45) is 28.6 Å². The van der Waals surface area contributed by atoms with Crippen molar-refractivity contribution in [3.8, 4) is 5.75 Å². The van der Waals surface area contributed by atoms with Gasteiger partial charge in [-0.15, -0.1) is 0 Å². The second-order valence-electron chi connectivity index (χ2n) is 13.1. The van der Waals surface area contributed by atoms with Gasteiger partial charge in [0.25, 0.3) is 0 Å². The Balaban J connectivity index is 1.35. The van der Waals surface area contributed by atoms with Gasteiger partial charge in [-0.25, -0.2) is 0 Å². The monoisotopic (exact) mass is 514 g/mol. The third kappa shape index (κ3) is 3.10. The van der Waals surface area contributed by atoms with Gasteiger partial charge in [-0.05, 0) is 61.1 Å². The quantitative estimate of drug-likeness (QED) is 0.617. The molecular weight excluding hydrogens is 472 g/mol. The van der Waals surface area contributed by atoms with E-state index >= 15 is 0 Å². The molecule has 204 valence electrons. The Morgan fingerprint density at radius 3 is 2.22 bits per heavy atom. The second-order valence-corrected chi connectivity index (χ2v) is 13.1. The van der Waals surface area contributed by atoms with Crippen molar-refractivity contribution in [1.82, 2.24) is 0 Å². The van der Waals surface area contributed by atoms with Gasteiger partial charge in [-0.2, -0.15) is 0 Å². The average Bonchev–Trinajstić information content (AvgIpc) is 3.63. The predicted octanol–water partition coefficient (Wildman–Crippen LogP) is 4.00. The van der Waals surface area contributed by atoms with Gasteiger partial charge >= 0.3 is 0 Å². The summed E-state index contributed by atoms with van der Waals surface area (Å²) in [4.78, 5) is 0. The molecule has 0 bridgehead atoms. The fraction of sp³-hybridized carbons (Fsp3) is 0.800. The van der Waals surface area contributed by atoms with Crippen molar-refractivity contribution >= 4 is 0 Å². The Labute approximate surface area is 219 Å². The molecule has 2 heterocycles. The number of hydrogen-bond donors (Lipinski definition) is 2. The summed E-state index contributed by atoms with van der Waals surface area (Å²) < 4.78 is 30.4. The first-order valence-corrected chi connectivity index (χ1v) is 14.3. The van der Waals surface area contributed by atoms with Crippen molar-refractivity contribution in [3.63, 3.8) is 0 Å². The van der Waals surface area contributed by atoms with Gasteiger partial charge in [0.1, 0.15) is 5.75 Å². The van der Waals surface area contributed by atoms with E-state index in [0.29, 0.717) is 38.8 Å². The lowest BCUT2D eigenvalue weighted by molar-refractivity contribution is -0.314. The highest BCUT2D eigenvalue weighted by Gasteiger charge is 2.75. The second kappa shape index (κ2) is 8.15. The SMILES string of the molecule is COc1ccc([C@@H]2[C@H]3[C@@H](CC[C@@]4(O)CC5(CC[C@]34C)OCCO5)[C@@H]3CCC4(OCCO4)[C@@]3(C)[C@H]2O)cc1. The number of rotatable bonds is 2. The summed E-state index contributed by atoms with van der Waals surface area (Å²) in [5.74, 6) is -0.00521. The maximum Gasteiger partial charge on any atom is 0.176 e. The summed E-state index contributed by atoms with van der Waals surface area (Å²) >= 11 is 0. The van der Waals surface area contributed by atoms with E-state index in [1.165, 1.54) is 0 Å². The molecule has 2 N–H and O–H groups in total. The first-order valence-electron chi connectivity index (χ1n) is 14.3. The number of methoxy groups -OCH3 is 1. The number of hydrogen-bond acceptors (Lipinski definition) is 7. The highest BCUT2D eigenvalue weighted by Crippen LogP contribution is 2.73. The number of aliphatic hydroxyl groups is 2. The number of ether oxygens (including phenoxy) is 5. The summed E-state index contributed by atoms with van der Waals surface area (Å²) in [6.45, 7) is 6.84. The Morgan fingerprint density at radius 1 is 0.865 bits per heavy atom. The molecule has 6 aliphatic rings. The van der Waals surface area contributed by atoms with Gasteiger partial charge in [0, 0.05) is 30.6 Å². The molecular formula is C30H42O7. The largest absolute Gasteiger partial charge is 0.497 e. The summed E-state index contributed by atoms with van der Waals surface area (Å²) in [5.41, 5.74) is -0.710. The molecule has 0 unspecified atom stereocenters. The maximum atomic E-state index is 12.5. The zero-order valence-corrected chi connectivity index (χ0v) is 22.4. The minimum absolute atomic E-state index is 0.114. The van der Waals surface area contributed by atoms with Crippen LogP contribution in [0.1, 0.15) is 70.3 Å². The molecule has 0 aromatic heterocycles. The molecule has 4 saturated carbocycles. The molecule has 37 heavy (non-hydrogen) atoms. The van der Waals surface area contributed by atoms with Gasteiger partial charge in [0.15, 0.2) is 11.6 Å². The fourth-order valence-electron chi connectivity index (χ4n) is 10.2. The number of aliphatic hydroxyl groups excluding tert-OH is 1. The molecule has 2 saturated heterocycles. The highest BCUT2D eigenvalue weighted by atomic mass is 16.7. The first kappa shape index (κ1) is 24.8. The van der Waals surface area contributed by atoms with E-state index in [9.17, 15) is 10.2 Å². The molecule has 7 heteroatoms. The van der Waals surface area contributed by atoms with Crippen LogP contribution in [0.4, 0.5) is 0 Å². The van der Waals surface area contributed by atoms with E-state index in [1.54, 1.807) is 7.11 Å². The van der Waals surface area contributed by atoms with Crippen molar-refractivity contribution in [2.75, 3.05) is 33.5 Å². The summed E-state index contributed by atoms with van der Waals surface area (Å²) in [6, 6.07) is 8.20. The maximum absolute atomic E-state index is 12.5. The van der Waals surface area contributed by atoms with E-state index < -0.39 is 28.7 Å². The van der Waals surface area contributed by atoms with Crippen LogP contribution in [0.15, 0.2) is 24.3 Å². The number of benzene rings is 1. The topological polar surface area (TPSA) is 86.6 Å². The molecule has 2 spiro atoms. The van der Waals surface area contributed by atoms with Crippen molar-refractivity contribution in [1.29, 1.82) is 0 Å². The van der Waals surface area contributed by atoms with E-state index in [-0.39, 0.29) is 23.2 Å². The Hall–Kier alpha value is -1.22. The summed E-state index contributed by atoms with van der Waals surface area (Å²) in [6.07, 6.45) is 4.87. The van der Waals surface area contributed by atoms with E-state index in [0.717, 1.165) is 49.8 Å². The molecule has 0 radical (unpaired) electrons. The third-order valence-electron chi connectivity index (χ3n) is 12.0. The lowest BCUT2D eigenvalue weighted by atomic mass is 9.39. The minimum atomic E-state index is -0.911. The molecule has 4 aliphatic carbocycles. The Bertz CT molecular complexity index is 1030. The smallest absolute Gasteiger partial charge is 0.176 e. The Kier molecular flexibility index (Phi) is 5.46. The summed E-state index contributed by atoms with van der Waals surface area (Å²) in [5, 5.41) is 25.0. The van der Waals surface area contributed by atoms with Crippen LogP contribution in [0.2, 0.25) is 0 Å². The van der Waals surface area contributed by atoms with E-state index in [2.05, 4.69) is 26.0 Å². The van der Waals surface area contributed by atoms with E-state index in [4.69, 9.17) is 23.7 Å². The Morgan fingerprint density at radius 2 is 1.54 bits per heavy atom. The summed E-state index contributed by atoms with van der Waals surface area (Å²) in [7, 11) is 1.68. The predicted molar refractivity (Wildman–Crippen MR) is 135 cm³/mol. The zero-order chi connectivity index (χ0) is 25.7. The van der Waals surface area contributed by atoms with Gasteiger partial charge in [0.2, 0.25) is 0 Å². The van der Waals surface area contributed by atoms with Crippen LogP contribution < -0.4 is 4.74 Å². The minimum Gasteiger partial charge on any atom is -0.497 e. The first-order chi connectivity index (χ1) is 17.7. The van der Waals surface area contributed by atoms with Crippen molar-refractivity contribution in [2.45, 2.75) is 88.0 Å². The normalized spacial score (nSPS) is 47.5. The molecule has 1 aromatic carbocycles. The lowest BCUT2D eigenvalue weighted by Gasteiger charge is -2.68. The van der Waals surface area contributed by atoms with Gasteiger partial charge in [0.05, 0.1) is 50.7 Å². The molecule has 1 aromatic rings. The van der Waals surface area contributed by atoms with Gasteiger partial charge in [-0.3, -0.25) is 0 Å². The molecule has 2 aliphatic heterocycles. The zero-order valence-electron chi connectivity index (χ0n) is 22.4. The van der Waals surface area contributed by atoms with Crippen LogP contribution in [0.25, 0.3) is 0 Å². The van der Waals surface area contributed by atoms with Crippen LogP contribution in [-0.2, 0) is 18.9 Å². The van der Waals surface area contributed by atoms with Crippen LogP contribution in [-0.4, -0.2) is 67.0 Å².